The third-order valence-electron chi connectivity index (χ3n) is 12.9. The Labute approximate surface area is 364 Å². The summed E-state index contributed by atoms with van der Waals surface area (Å²) in [6.45, 7) is 8.47. The predicted octanol–water partition coefficient (Wildman–Crippen LogP) is 7.67. The van der Waals surface area contributed by atoms with Gasteiger partial charge in [-0.05, 0) is 97.9 Å². The van der Waals surface area contributed by atoms with Crippen LogP contribution >= 0.6 is 0 Å². The summed E-state index contributed by atoms with van der Waals surface area (Å²) >= 11 is 0. The zero-order valence-corrected chi connectivity index (χ0v) is 36.5. The topological polar surface area (TPSA) is 198 Å². The minimum absolute atomic E-state index is 0.140. The van der Waals surface area contributed by atoms with E-state index in [1.165, 1.54) is 20.3 Å². The van der Waals surface area contributed by atoms with Gasteiger partial charge in [0.05, 0.1) is 60.5 Å². The Morgan fingerprint density at radius 1 is 0.714 bits per heavy atom. The first kappa shape index (κ1) is 43.3. The van der Waals surface area contributed by atoms with Gasteiger partial charge in [-0.3, -0.25) is 9.59 Å². The molecule has 0 bridgehead atoms. The van der Waals surface area contributed by atoms with E-state index in [0.29, 0.717) is 36.8 Å². The van der Waals surface area contributed by atoms with Crippen LogP contribution in [0.15, 0.2) is 54.6 Å². The Morgan fingerprint density at radius 2 is 1.22 bits per heavy atom. The number of H-pyrrole nitrogens is 2. The van der Waals surface area contributed by atoms with Gasteiger partial charge in [-0.15, -0.1) is 0 Å². The number of likely N-dealkylation sites (tertiary alicyclic amines) is 2. The van der Waals surface area contributed by atoms with Crippen molar-refractivity contribution < 1.29 is 38.1 Å². The van der Waals surface area contributed by atoms with E-state index in [1.54, 1.807) is 15.9 Å². The number of methoxy groups -OCH3 is 2. The molecule has 3 saturated heterocycles. The Balaban J connectivity index is 1.09. The van der Waals surface area contributed by atoms with E-state index in [2.05, 4.69) is 49.8 Å². The molecule has 3 aromatic carbocycles. The fourth-order valence-electron chi connectivity index (χ4n) is 9.80. The lowest BCUT2D eigenvalue weighted by Gasteiger charge is -2.33. The molecular weight excluding hydrogens is 810 g/mol. The van der Waals surface area contributed by atoms with Crippen molar-refractivity contribution in [2.75, 3.05) is 32.2 Å². The van der Waals surface area contributed by atoms with E-state index in [9.17, 15) is 24.3 Å². The summed E-state index contributed by atoms with van der Waals surface area (Å²) in [6, 6.07) is 14.8. The van der Waals surface area contributed by atoms with Gasteiger partial charge in [0.2, 0.25) is 11.8 Å². The number of fused-ring (bicyclic) bond motifs is 2. The summed E-state index contributed by atoms with van der Waals surface area (Å²) in [6.07, 6.45) is 2.65. The molecule has 8 rings (SSSR count). The van der Waals surface area contributed by atoms with Crippen LogP contribution in [0.3, 0.4) is 0 Å². The molecule has 63 heavy (non-hydrogen) atoms. The van der Waals surface area contributed by atoms with Crippen molar-refractivity contribution in [3.05, 3.63) is 83.2 Å². The summed E-state index contributed by atoms with van der Waals surface area (Å²) in [7, 11) is 2.72. The number of aromatic nitrogens is 4. The van der Waals surface area contributed by atoms with Crippen LogP contribution in [0.1, 0.15) is 113 Å². The van der Waals surface area contributed by atoms with Crippen LogP contribution in [0.4, 0.5) is 19.7 Å². The van der Waals surface area contributed by atoms with Gasteiger partial charge < -0.3 is 49.9 Å². The van der Waals surface area contributed by atoms with Crippen LogP contribution in [0, 0.1) is 17.7 Å². The van der Waals surface area contributed by atoms with Crippen LogP contribution in [0.25, 0.3) is 22.1 Å². The maximum Gasteiger partial charge on any atom is 0.407 e. The highest BCUT2D eigenvalue weighted by Crippen LogP contribution is 2.48. The second kappa shape index (κ2) is 17.8. The van der Waals surface area contributed by atoms with Crippen LogP contribution in [0.5, 0.6) is 5.75 Å². The first-order valence-corrected chi connectivity index (χ1v) is 21.8. The van der Waals surface area contributed by atoms with Gasteiger partial charge in [-0.25, -0.2) is 23.9 Å². The Hall–Kier alpha value is -6.39. The molecule has 5 aromatic rings. The van der Waals surface area contributed by atoms with Crippen LogP contribution in [-0.4, -0.2) is 98.2 Å². The Morgan fingerprint density at radius 3 is 1.67 bits per heavy atom. The Kier molecular flexibility index (Phi) is 12.2. The van der Waals surface area contributed by atoms with Gasteiger partial charge >= 0.3 is 12.2 Å². The number of halogens is 1. The standard InChI is InChI=1S/C46H56FN9O7/c1-24(2)39(52-45(59)60)43(57)54-19-7-9-36(54)41-48-30-14-11-26(21-32(30)50-41)34-16-17-35(56(34)28-13-18-38(62-5)29(47)23-28)27-12-15-31-33(22-27)51-42(49-31)37-10-8-20-55(37)44(58)40(25(3)4)53-46(61)63-6/h11-15,18,21-25,34-37,39-40,52H,7-10,16-17,19-20H2,1-6H3,(H,48,50)(H,49,51)(H,53,61)(H,59,60)/t34-,35-,36+,37+,39+,40+/m1/s1. The fraction of sp³-hybridized carbons (Fsp3) is 0.478. The monoisotopic (exact) mass is 865 g/mol. The average Bonchev–Trinajstić information content (AvgIpc) is 4.12. The smallest absolute Gasteiger partial charge is 0.407 e. The molecule has 2 aromatic heterocycles. The number of nitrogens with zero attached hydrogens (tertiary/aromatic N) is 5. The third kappa shape index (κ3) is 8.44. The van der Waals surface area contributed by atoms with Crippen LogP contribution in [-0.2, 0) is 14.3 Å². The predicted molar refractivity (Wildman–Crippen MR) is 234 cm³/mol. The van der Waals surface area contributed by atoms with Gasteiger partial charge in [0.1, 0.15) is 23.7 Å². The number of hydrogen-bond acceptors (Lipinski definition) is 9. The van der Waals surface area contributed by atoms with Crippen molar-refractivity contribution in [3.63, 3.8) is 0 Å². The van der Waals surface area contributed by atoms with E-state index in [1.807, 2.05) is 45.9 Å². The van der Waals surface area contributed by atoms with E-state index in [0.717, 1.165) is 65.3 Å². The van der Waals surface area contributed by atoms with Crippen molar-refractivity contribution in [2.45, 2.75) is 102 Å². The molecule has 5 N–H and O–H groups in total. The molecule has 0 spiro atoms. The maximum absolute atomic E-state index is 15.5. The summed E-state index contributed by atoms with van der Waals surface area (Å²) in [5.41, 5.74) is 5.87. The molecule has 17 heteroatoms. The number of alkyl carbamates (subject to hydrolysis) is 1. The number of imidazole rings is 2. The number of amides is 4. The van der Waals surface area contributed by atoms with E-state index in [-0.39, 0.29) is 53.6 Å². The highest BCUT2D eigenvalue weighted by Gasteiger charge is 2.40. The van der Waals surface area contributed by atoms with E-state index < -0.39 is 30.1 Å². The summed E-state index contributed by atoms with van der Waals surface area (Å²) in [5.74, 6) is 0.200. The number of aromatic amines is 2. The second-order valence-corrected chi connectivity index (χ2v) is 17.5. The third-order valence-corrected chi connectivity index (χ3v) is 12.9. The van der Waals surface area contributed by atoms with Crippen molar-refractivity contribution in [2.24, 2.45) is 11.8 Å². The molecule has 4 amide bonds. The number of ether oxygens (including phenoxy) is 2. The number of hydrogen-bond donors (Lipinski definition) is 5. The lowest BCUT2D eigenvalue weighted by molar-refractivity contribution is -0.136. The molecule has 0 saturated carbocycles. The number of rotatable bonds is 12. The minimum Gasteiger partial charge on any atom is -0.494 e. The van der Waals surface area contributed by atoms with E-state index in [4.69, 9.17) is 19.4 Å². The first-order valence-electron chi connectivity index (χ1n) is 21.8. The quantitative estimate of drug-likeness (QED) is 0.0830. The summed E-state index contributed by atoms with van der Waals surface area (Å²) < 4.78 is 25.6. The zero-order chi connectivity index (χ0) is 44.7. The molecule has 6 atom stereocenters. The number of anilines is 1. The van der Waals surface area contributed by atoms with Crippen molar-refractivity contribution in [3.8, 4) is 5.75 Å². The largest absolute Gasteiger partial charge is 0.494 e. The van der Waals surface area contributed by atoms with Crippen molar-refractivity contribution in [1.82, 2.24) is 40.4 Å². The molecule has 0 aliphatic carbocycles. The molecule has 3 fully saturated rings. The molecular formula is C46H56FN9O7. The molecule has 3 aliphatic rings. The Bertz CT molecular complexity index is 2520. The molecule has 0 unspecified atom stereocenters. The van der Waals surface area contributed by atoms with E-state index >= 15 is 4.39 Å². The molecule has 16 nitrogen and oxygen atoms in total. The van der Waals surface area contributed by atoms with Gasteiger partial charge in [0.25, 0.3) is 0 Å². The van der Waals surface area contributed by atoms with Gasteiger partial charge in [-0.2, -0.15) is 0 Å². The van der Waals surface area contributed by atoms with Crippen molar-refractivity contribution in [1.29, 1.82) is 0 Å². The number of carbonyl (C=O) groups is 4. The van der Waals surface area contributed by atoms with Gasteiger partial charge in [0.15, 0.2) is 11.6 Å². The zero-order valence-electron chi connectivity index (χ0n) is 36.5. The molecule has 0 radical (unpaired) electrons. The SMILES string of the molecule is COC(=O)N[C@H](C(=O)N1CCC[C@H]1c1nc2ccc([C@H]3CC[C@H](c4ccc5nc([C@@H]6CCCN6C(=O)[C@@H](NC(=O)O)C(C)C)[nH]c5c4)N3c3ccc(OC)c(F)c3)cc2[nH]1)C(C)C. The highest BCUT2D eigenvalue weighted by atomic mass is 19.1. The fourth-order valence-corrected chi connectivity index (χ4v) is 9.80. The van der Waals surface area contributed by atoms with Gasteiger partial charge in [-0.1, -0.05) is 39.8 Å². The minimum atomic E-state index is -1.24. The number of carbonyl (C=O) groups excluding carboxylic acids is 3. The molecule has 334 valence electrons. The van der Waals surface area contributed by atoms with Crippen LogP contribution in [0.2, 0.25) is 0 Å². The highest BCUT2D eigenvalue weighted by molar-refractivity contribution is 5.87. The second-order valence-electron chi connectivity index (χ2n) is 17.5. The average molecular weight is 866 g/mol. The number of nitrogens with one attached hydrogen (secondary N) is 4. The van der Waals surface area contributed by atoms with Gasteiger partial charge in [0, 0.05) is 24.8 Å². The van der Waals surface area contributed by atoms with Crippen LogP contribution < -0.4 is 20.3 Å². The molecule has 3 aliphatic heterocycles. The first-order chi connectivity index (χ1) is 30.3. The lowest BCUT2D eigenvalue weighted by Crippen LogP contribution is -2.51. The number of benzene rings is 3. The summed E-state index contributed by atoms with van der Waals surface area (Å²) in [4.78, 5) is 73.8. The normalized spacial score (nSPS) is 21.1. The summed E-state index contributed by atoms with van der Waals surface area (Å²) in [5, 5.41) is 14.5. The molecule has 5 heterocycles. The number of carboxylic acid groups (broad SMARTS) is 1. The lowest BCUT2D eigenvalue weighted by atomic mass is 10.0. The maximum atomic E-state index is 15.5. The van der Waals surface area contributed by atoms with Crippen molar-refractivity contribution >= 4 is 51.8 Å².